The molecule has 1 aliphatic heterocycles. The van der Waals surface area contributed by atoms with Crippen LogP contribution in [0.5, 0.6) is 5.75 Å². The van der Waals surface area contributed by atoms with Crippen molar-refractivity contribution in [2.24, 2.45) is 0 Å². The van der Waals surface area contributed by atoms with Gasteiger partial charge in [0, 0.05) is 22.0 Å². The average Bonchev–Trinajstić information content (AvgIpc) is 3.38. The van der Waals surface area contributed by atoms with Crippen molar-refractivity contribution >= 4 is 35.3 Å². The molecule has 0 saturated carbocycles. The maximum absolute atomic E-state index is 13.7. The number of nitrogens with one attached hydrogen (secondary N) is 1. The molecule has 0 spiro atoms. The van der Waals surface area contributed by atoms with Crippen LogP contribution in [-0.4, -0.2) is 26.5 Å². The van der Waals surface area contributed by atoms with Crippen molar-refractivity contribution in [3.05, 3.63) is 112 Å². The largest absolute Gasteiger partial charge is 0.489 e. The summed E-state index contributed by atoms with van der Waals surface area (Å²) in [6.07, 6.45) is 2.17. The first-order valence-electron chi connectivity index (χ1n) is 13.3. The minimum atomic E-state index is -0.589. The topological polar surface area (TPSA) is 78.3 Å². The van der Waals surface area contributed by atoms with E-state index in [0.29, 0.717) is 39.8 Å². The molecule has 0 aliphatic carbocycles. The number of aromatic nitrogens is 3. The lowest BCUT2D eigenvalue weighted by molar-refractivity contribution is -0.140. The summed E-state index contributed by atoms with van der Waals surface area (Å²) in [5.41, 5.74) is 3.81. The standard InChI is InChI=1S/C31H31ClN4O3S/c1-3-4-18-40-31-34-30-33-21(2)27(29(37)39-20-22-10-6-5-7-11-22)28(36(30)35-31)25-12-8-9-13-26(25)38-19-23-14-16-24(32)17-15-23/h5-17,28H,3-4,18-20H2,1-2H3,(H,33,34,35). The molecule has 0 bridgehead atoms. The maximum atomic E-state index is 13.7. The molecule has 5 rings (SSSR count). The smallest absolute Gasteiger partial charge is 0.338 e. The third kappa shape index (κ3) is 6.51. The highest BCUT2D eigenvalue weighted by atomic mass is 35.5. The number of carbonyl (C=O) groups is 1. The first-order valence-corrected chi connectivity index (χ1v) is 14.6. The number of thioether (sulfide) groups is 1. The van der Waals surface area contributed by atoms with E-state index in [9.17, 15) is 4.79 Å². The van der Waals surface area contributed by atoms with Crippen LogP contribution in [0.25, 0.3) is 0 Å². The van der Waals surface area contributed by atoms with Crippen molar-refractivity contribution < 1.29 is 14.3 Å². The molecule has 40 heavy (non-hydrogen) atoms. The Morgan fingerprint density at radius 1 is 1.00 bits per heavy atom. The van der Waals surface area contributed by atoms with Gasteiger partial charge < -0.3 is 14.8 Å². The molecule has 1 atom stereocenters. The number of nitrogens with zero attached hydrogens (tertiary/aromatic N) is 3. The van der Waals surface area contributed by atoms with E-state index in [1.165, 1.54) is 0 Å². The molecule has 1 aliphatic rings. The number of ether oxygens (including phenoxy) is 2. The number of anilines is 1. The van der Waals surface area contributed by atoms with Gasteiger partial charge >= 0.3 is 5.97 Å². The minimum Gasteiger partial charge on any atom is -0.489 e. The predicted molar refractivity (Wildman–Crippen MR) is 159 cm³/mol. The second-order valence-electron chi connectivity index (χ2n) is 9.45. The Hall–Kier alpha value is -3.75. The molecule has 1 unspecified atom stereocenters. The molecule has 9 heteroatoms. The fourth-order valence-electron chi connectivity index (χ4n) is 4.43. The Balaban J connectivity index is 1.49. The Labute approximate surface area is 243 Å². The van der Waals surface area contributed by atoms with Gasteiger partial charge in [-0.15, -0.1) is 5.10 Å². The highest BCUT2D eigenvalue weighted by Gasteiger charge is 2.37. The molecule has 206 valence electrons. The van der Waals surface area contributed by atoms with Crippen LogP contribution >= 0.6 is 23.4 Å². The summed E-state index contributed by atoms with van der Waals surface area (Å²) < 4.78 is 13.9. The summed E-state index contributed by atoms with van der Waals surface area (Å²) in [6, 6.07) is 24.3. The molecule has 0 fully saturated rings. The number of allylic oxidation sites excluding steroid dienone is 1. The molecule has 0 saturated heterocycles. The van der Waals surface area contributed by atoms with Crippen molar-refractivity contribution in [3.63, 3.8) is 0 Å². The molecule has 4 aromatic rings. The number of halogens is 1. The Morgan fingerprint density at radius 3 is 2.50 bits per heavy atom. The van der Waals surface area contributed by atoms with Gasteiger partial charge in [0.25, 0.3) is 0 Å². The summed E-state index contributed by atoms with van der Waals surface area (Å²) in [6.45, 7) is 4.54. The highest BCUT2D eigenvalue weighted by Crippen LogP contribution is 2.40. The number of unbranched alkanes of at least 4 members (excludes halogenated alkanes) is 1. The normalized spacial score (nSPS) is 14.4. The van der Waals surface area contributed by atoms with E-state index in [2.05, 4.69) is 12.2 Å². The molecule has 7 nitrogen and oxygen atoms in total. The van der Waals surface area contributed by atoms with Crippen molar-refractivity contribution in [2.75, 3.05) is 11.1 Å². The fourth-order valence-corrected chi connectivity index (χ4v) is 5.47. The zero-order chi connectivity index (χ0) is 27.9. The molecular weight excluding hydrogens is 544 g/mol. The van der Waals surface area contributed by atoms with Gasteiger partial charge in [-0.3, -0.25) is 0 Å². The number of fused-ring (bicyclic) bond motifs is 1. The monoisotopic (exact) mass is 574 g/mol. The van der Waals surface area contributed by atoms with Crippen molar-refractivity contribution in [3.8, 4) is 5.75 Å². The van der Waals surface area contributed by atoms with Crippen LogP contribution in [0.3, 0.4) is 0 Å². The summed E-state index contributed by atoms with van der Waals surface area (Å²) in [5, 5.41) is 9.44. The number of para-hydroxylation sites is 1. The van der Waals surface area contributed by atoms with Crippen LogP contribution in [0.1, 0.15) is 49.4 Å². The van der Waals surface area contributed by atoms with Gasteiger partial charge in [-0.1, -0.05) is 97.4 Å². The lowest BCUT2D eigenvalue weighted by Gasteiger charge is -2.29. The number of carbonyl (C=O) groups excluding carboxylic acids is 1. The minimum absolute atomic E-state index is 0.167. The first kappa shape index (κ1) is 27.8. The van der Waals surface area contributed by atoms with Crippen molar-refractivity contribution in [2.45, 2.75) is 51.1 Å². The Kier molecular flexibility index (Phi) is 9.08. The molecule has 0 amide bonds. The van der Waals surface area contributed by atoms with Crippen LogP contribution in [0, 0.1) is 0 Å². The number of esters is 1. The number of hydrogen-bond donors (Lipinski definition) is 1. The lowest BCUT2D eigenvalue weighted by atomic mass is 9.95. The van der Waals surface area contributed by atoms with Crippen LogP contribution in [0.15, 0.2) is 95.3 Å². The molecule has 1 N–H and O–H groups in total. The summed E-state index contributed by atoms with van der Waals surface area (Å²) in [7, 11) is 0. The first-order chi connectivity index (χ1) is 19.5. The highest BCUT2D eigenvalue weighted by molar-refractivity contribution is 7.99. The van der Waals surface area contributed by atoms with Gasteiger partial charge in [0.1, 0.15) is 25.0 Å². The predicted octanol–water partition coefficient (Wildman–Crippen LogP) is 7.44. The van der Waals surface area contributed by atoms with Crippen molar-refractivity contribution in [1.29, 1.82) is 0 Å². The molecule has 0 radical (unpaired) electrons. The number of rotatable bonds is 11. The third-order valence-electron chi connectivity index (χ3n) is 6.52. The second-order valence-corrected chi connectivity index (χ2v) is 10.9. The molecular formula is C31H31ClN4O3S. The van der Waals surface area contributed by atoms with Gasteiger partial charge in [-0.25, -0.2) is 9.48 Å². The van der Waals surface area contributed by atoms with E-state index in [1.54, 1.807) is 16.4 Å². The van der Waals surface area contributed by atoms with Crippen molar-refractivity contribution in [1.82, 2.24) is 14.8 Å². The number of hydrogen-bond acceptors (Lipinski definition) is 7. The van der Waals surface area contributed by atoms with E-state index in [0.717, 1.165) is 35.3 Å². The maximum Gasteiger partial charge on any atom is 0.338 e. The molecule has 3 aromatic carbocycles. The SMILES string of the molecule is CCCCSc1nc2n(n1)C(c1ccccc1OCc1ccc(Cl)cc1)C(C(=O)OCc1ccccc1)=C(C)N2. The quantitative estimate of drug-likeness (QED) is 0.113. The zero-order valence-electron chi connectivity index (χ0n) is 22.5. The van der Waals surface area contributed by atoms with Crippen LogP contribution in [0.4, 0.5) is 5.95 Å². The third-order valence-corrected chi connectivity index (χ3v) is 7.69. The van der Waals surface area contributed by atoms with Gasteiger partial charge in [-0.05, 0) is 42.7 Å². The second kappa shape index (κ2) is 13.1. The summed E-state index contributed by atoms with van der Waals surface area (Å²) >= 11 is 7.66. The van der Waals surface area contributed by atoms with Gasteiger partial charge in [0.15, 0.2) is 0 Å². The van der Waals surface area contributed by atoms with Crippen LogP contribution in [-0.2, 0) is 22.7 Å². The zero-order valence-corrected chi connectivity index (χ0v) is 24.0. The summed E-state index contributed by atoms with van der Waals surface area (Å²) in [4.78, 5) is 18.4. The van der Waals surface area contributed by atoms with E-state index in [1.807, 2.05) is 85.8 Å². The van der Waals surface area contributed by atoms with E-state index < -0.39 is 12.0 Å². The lowest BCUT2D eigenvalue weighted by Crippen LogP contribution is -2.30. The van der Waals surface area contributed by atoms with Gasteiger partial charge in [0.05, 0.1) is 5.57 Å². The van der Waals surface area contributed by atoms with Crippen LogP contribution < -0.4 is 10.1 Å². The van der Waals surface area contributed by atoms with Gasteiger partial charge in [-0.2, -0.15) is 4.98 Å². The van der Waals surface area contributed by atoms with E-state index >= 15 is 0 Å². The fraction of sp³-hybridized carbons (Fsp3) is 0.258. The summed E-state index contributed by atoms with van der Waals surface area (Å²) in [5.74, 6) is 1.72. The van der Waals surface area contributed by atoms with E-state index in [4.69, 9.17) is 31.2 Å². The Bertz CT molecular complexity index is 1490. The molecule has 1 aromatic heterocycles. The van der Waals surface area contributed by atoms with Crippen LogP contribution in [0.2, 0.25) is 5.02 Å². The van der Waals surface area contributed by atoms with E-state index in [-0.39, 0.29) is 6.61 Å². The average molecular weight is 575 g/mol. The Morgan fingerprint density at radius 2 is 1.73 bits per heavy atom. The van der Waals surface area contributed by atoms with Gasteiger partial charge in [0.2, 0.25) is 11.1 Å². The number of benzene rings is 3. The molecule has 2 heterocycles.